The standard InChI is InChI=1S/C22H23ClN2O5/c1-15(16-4-6-17(23)7-5-16)24-20(26)13-30-22(28)14-29-19-10-8-18(9-11-19)25-12-2-3-21(25)27/h4-11,15H,2-3,12-14H2,1H3,(H,24,26). The lowest BCUT2D eigenvalue weighted by molar-refractivity contribution is -0.150. The predicted octanol–water partition coefficient (Wildman–Crippen LogP) is 3.27. The minimum absolute atomic E-state index is 0.107. The molecule has 1 saturated heterocycles. The average molecular weight is 431 g/mol. The molecule has 2 aromatic carbocycles. The molecule has 0 radical (unpaired) electrons. The Morgan fingerprint density at radius 2 is 1.80 bits per heavy atom. The summed E-state index contributed by atoms with van der Waals surface area (Å²) in [5.41, 5.74) is 1.69. The Hall–Kier alpha value is -3.06. The Bertz CT molecular complexity index is 899. The van der Waals surface area contributed by atoms with E-state index in [4.69, 9.17) is 21.1 Å². The van der Waals surface area contributed by atoms with Crippen LogP contribution in [0.2, 0.25) is 5.02 Å². The molecule has 1 unspecified atom stereocenters. The molecule has 3 rings (SSSR count). The van der Waals surface area contributed by atoms with Gasteiger partial charge in [-0.2, -0.15) is 0 Å². The van der Waals surface area contributed by atoms with Gasteiger partial charge < -0.3 is 19.7 Å². The lowest BCUT2D eigenvalue weighted by Crippen LogP contribution is -2.31. The van der Waals surface area contributed by atoms with E-state index in [0.29, 0.717) is 23.7 Å². The van der Waals surface area contributed by atoms with Gasteiger partial charge in [0.05, 0.1) is 6.04 Å². The number of hydrogen-bond donors (Lipinski definition) is 1. The van der Waals surface area contributed by atoms with Gasteiger partial charge in [0.1, 0.15) is 5.75 Å². The zero-order valence-electron chi connectivity index (χ0n) is 16.6. The fourth-order valence-electron chi connectivity index (χ4n) is 3.09. The van der Waals surface area contributed by atoms with Crippen LogP contribution in [0.1, 0.15) is 31.4 Å². The van der Waals surface area contributed by atoms with E-state index >= 15 is 0 Å². The van der Waals surface area contributed by atoms with Crippen LogP contribution in [0, 0.1) is 0 Å². The molecule has 1 atom stereocenters. The predicted molar refractivity (Wildman–Crippen MR) is 112 cm³/mol. The van der Waals surface area contributed by atoms with Crippen LogP contribution in [0.3, 0.4) is 0 Å². The molecule has 2 aromatic rings. The smallest absolute Gasteiger partial charge is 0.344 e. The third kappa shape index (κ3) is 5.97. The lowest BCUT2D eigenvalue weighted by Gasteiger charge is -2.16. The lowest BCUT2D eigenvalue weighted by atomic mass is 10.1. The van der Waals surface area contributed by atoms with Crippen molar-refractivity contribution in [2.24, 2.45) is 0 Å². The maximum absolute atomic E-state index is 12.0. The highest BCUT2D eigenvalue weighted by atomic mass is 35.5. The Balaban J connectivity index is 1.38. The number of carbonyl (C=O) groups excluding carboxylic acids is 3. The number of benzene rings is 2. The van der Waals surface area contributed by atoms with Gasteiger partial charge in [0, 0.05) is 23.7 Å². The van der Waals surface area contributed by atoms with Crippen LogP contribution in [0.15, 0.2) is 48.5 Å². The van der Waals surface area contributed by atoms with Crippen molar-refractivity contribution in [2.75, 3.05) is 24.7 Å². The van der Waals surface area contributed by atoms with Crippen molar-refractivity contribution >= 4 is 35.1 Å². The van der Waals surface area contributed by atoms with Crippen LogP contribution < -0.4 is 15.0 Å². The number of halogens is 1. The summed E-state index contributed by atoms with van der Waals surface area (Å²) in [6.07, 6.45) is 1.42. The van der Waals surface area contributed by atoms with Crippen LogP contribution in [-0.2, 0) is 19.1 Å². The largest absolute Gasteiger partial charge is 0.482 e. The molecule has 0 aromatic heterocycles. The summed E-state index contributed by atoms with van der Waals surface area (Å²) in [6, 6.07) is 13.8. The number of nitrogens with zero attached hydrogens (tertiary/aromatic N) is 1. The van der Waals surface area contributed by atoms with Crippen LogP contribution >= 0.6 is 11.6 Å². The Morgan fingerprint density at radius 1 is 1.10 bits per heavy atom. The van der Waals surface area contributed by atoms with E-state index < -0.39 is 18.5 Å². The molecule has 1 fully saturated rings. The molecule has 0 saturated carbocycles. The summed E-state index contributed by atoms with van der Waals surface area (Å²) in [7, 11) is 0. The number of anilines is 1. The van der Waals surface area contributed by atoms with Crippen molar-refractivity contribution < 1.29 is 23.9 Å². The van der Waals surface area contributed by atoms with Crippen molar-refractivity contribution in [3.05, 3.63) is 59.1 Å². The Labute approximate surface area is 179 Å². The van der Waals surface area contributed by atoms with Gasteiger partial charge in [-0.1, -0.05) is 23.7 Å². The highest BCUT2D eigenvalue weighted by Gasteiger charge is 2.21. The minimum atomic E-state index is -0.650. The Morgan fingerprint density at radius 3 is 2.43 bits per heavy atom. The zero-order valence-corrected chi connectivity index (χ0v) is 17.4. The third-order valence-electron chi connectivity index (χ3n) is 4.69. The maximum atomic E-state index is 12.0. The van der Waals surface area contributed by atoms with Crippen molar-refractivity contribution in [1.82, 2.24) is 5.32 Å². The molecule has 0 spiro atoms. The number of rotatable bonds is 8. The molecule has 1 heterocycles. The summed E-state index contributed by atoms with van der Waals surface area (Å²) in [5, 5.41) is 3.37. The summed E-state index contributed by atoms with van der Waals surface area (Å²) < 4.78 is 10.3. The SMILES string of the molecule is CC(NC(=O)COC(=O)COc1ccc(N2CCCC2=O)cc1)c1ccc(Cl)cc1. The van der Waals surface area contributed by atoms with Gasteiger partial charge in [0.25, 0.3) is 5.91 Å². The fraction of sp³-hybridized carbons (Fsp3) is 0.318. The normalized spacial score (nSPS) is 14.3. The topological polar surface area (TPSA) is 84.9 Å². The van der Waals surface area contributed by atoms with Crippen molar-refractivity contribution in [2.45, 2.75) is 25.8 Å². The number of amides is 2. The molecule has 30 heavy (non-hydrogen) atoms. The van der Waals surface area contributed by atoms with Crippen LogP contribution in [0.25, 0.3) is 0 Å². The third-order valence-corrected chi connectivity index (χ3v) is 4.94. The molecule has 0 aliphatic carbocycles. The first kappa shape index (κ1) is 21.6. The molecule has 1 N–H and O–H groups in total. The Kier molecular flexibility index (Phi) is 7.30. The quantitative estimate of drug-likeness (QED) is 0.650. The van der Waals surface area contributed by atoms with E-state index in [-0.39, 0.29) is 18.6 Å². The van der Waals surface area contributed by atoms with Crippen molar-refractivity contribution in [1.29, 1.82) is 0 Å². The second-order valence-corrected chi connectivity index (χ2v) is 7.37. The summed E-state index contributed by atoms with van der Waals surface area (Å²) >= 11 is 5.85. The summed E-state index contributed by atoms with van der Waals surface area (Å²) in [6.45, 7) is 1.83. The number of esters is 1. The van der Waals surface area contributed by atoms with E-state index in [1.54, 1.807) is 41.3 Å². The van der Waals surface area contributed by atoms with E-state index in [9.17, 15) is 14.4 Å². The van der Waals surface area contributed by atoms with Gasteiger partial charge in [-0.05, 0) is 55.3 Å². The van der Waals surface area contributed by atoms with E-state index in [2.05, 4.69) is 5.32 Å². The van der Waals surface area contributed by atoms with Crippen molar-refractivity contribution in [3.63, 3.8) is 0 Å². The van der Waals surface area contributed by atoms with Crippen LogP contribution in [0.4, 0.5) is 5.69 Å². The monoisotopic (exact) mass is 430 g/mol. The highest BCUT2D eigenvalue weighted by molar-refractivity contribution is 6.30. The number of hydrogen-bond acceptors (Lipinski definition) is 5. The first-order chi connectivity index (χ1) is 14.4. The van der Waals surface area contributed by atoms with E-state index in [0.717, 1.165) is 17.7 Å². The molecule has 7 nitrogen and oxygen atoms in total. The molecule has 2 amide bonds. The minimum Gasteiger partial charge on any atom is -0.482 e. The van der Waals surface area contributed by atoms with Crippen molar-refractivity contribution in [3.8, 4) is 5.75 Å². The molecule has 0 bridgehead atoms. The van der Waals surface area contributed by atoms with Gasteiger partial charge in [-0.15, -0.1) is 0 Å². The molecular formula is C22H23ClN2O5. The van der Waals surface area contributed by atoms with Gasteiger partial charge >= 0.3 is 5.97 Å². The fourth-order valence-corrected chi connectivity index (χ4v) is 3.22. The highest BCUT2D eigenvalue weighted by Crippen LogP contribution is 2.23. The first-order valence-corrected chi connectivity index (χ1v) is 10.0. The van der Waals surface area contributed by atoms with Gasteiger partial charge in [0.15, 0.2) is 13.2 Å². The van der Waals surface area contributed by atoms with Gasteiger partial charge in [0.2, 0.25) is 5.91 Å². The molecule has 1 aliphatic rings. The zero-order chi connectivity index (χ0) is 21.5. The average Bonchev–Trinajstić information content (AvgIpc) is 3.17. The van der Waals surface area contributed by atoms with Gasteiger partial charge in [-0.3, -0.25) is 9.59 Å². The number of ether oxygens (including phenoxy) is 2. The van der Waals surface area contributed by atoms with Crippen LogP contribution in [-0.4, -0.2) is 37.5 Å². The second-order valence-electron chi connectivity index (χ2n) is 6.93. The second kappa shape index (κ2) is 10.1. The van der Waals surface area contributed by atoms with E-state index in [1.807, 2.05) is 19.1 Å². The molecule has 158 valence electrons. The van der Waals surface area contributed by atoms with Crippen LogP contribution in [0.5, 0.6) is 5.75 Å². The summed E-state index contributed by atoms with van der Waals surface area (Å²) in [4.78, 5) is 37.3. The number of nitrogens with one attached hydrogen (secondary N) is 1. The molecule has 8 heteroatoms. The number of carbonyl (C=O) groups is 3. The molecular weight excluding hydrogens is 408 g/mol. The molecule has 1 aliphatic heterocycles. The van der Waals surface area contributed by atoms with E-state index in [1.165, 1.54) is 0 Å². The van der Waals surface area contributed by atoms with Gasteiger partial charge in [-0.25, -0.2) is 4.79 Å². The maximum Gasteiger partial charge on any atom is 0.344 e. The first-order valence-electron chi connectivity index (χ1n) is 9.66. The summed E-state index contributed by atoms with van der Waals surface area (Å²) in [5.74, 6) is -0.479.